The van der Waals surface area contributed by atoms with E-state index in [0.29, 0.717) is 11.4 Å². The quantitative estimate of drug-likeness (QED) is 0.313. The maximum atomic E-state index is 11.4. The summed E-state index contributed by atoms with van der Waals surface area (Å²) >= 11 is 0. The fourth-order valence-electron chi connectivity index (χ4n) is 1.15. The first-order chi connectivity index (χ1) is 7.84. The number of benzene rings is 1. The van der Waals surface area contributed by atoms with Crippen LogP contribution in [-0.4, -0.2) is 40.5 Å². The molecule has 0 saturated heterocycles. The van der Waals surface area contributed by atoms with Crippen LogP contribution in [0.15, 0.2) is 23.1 Å². The molecule has 0 aliphatic heterocycles. The van der Waals surface area contributed by atoms with Crippen LogP contribution in [0.2, 0.25) is 0 Å². The van der Waals surface area contributed by atoms with E-state index in [4.69, 9.17) is 15.4 Å². The molecule has 18 heavy (non-hydrogen) atoms. The van der Waals surface area contributed by atoms with Crippen molar-refractivity contribution in [2.24, 2.45) is 0 Å². The third kappa shape index (κ3) is 4.72. The third-order valence-corrected chi connectivity index (χ3v) is 3.29. The number of nitrogens with zero attached hydrogens (tertiary/aromatic N) is 1. The van der Waals surface area contributed by atoms with E-state index in [1.807, 2.05) is 14.1 Å². The van der Waals surface area contributed by atoms with E-state index < -0.39 is 9.05 Å². The van der Waals surface area contributed by atoms with Crippen molar-refractivity contribution in [2.45, 2.75) is 4.90 Å². The maximum Gasteiger partial charge on any atom is 0.265 e. The number of hydrogen-bond donors (Lipinski definition) is 1. The molecule has 1 N–H and O–H groups in total. The maximum absolute atomic E-state index is 11.4. The Labute approximate surface area is 117 Å². The van der Waals surface area contributed by atoms with Crippen LogP contribution in [-0.2, 0) is 9.05 Å². The van der Waals surface area contributed by atoms with Gasteiger partial charge in [-0.2, -0.15) is 0 Å². The summed E-state index contributed by atoms with van der Waals surface area (Å²) in [7, 11) is 6.61. The van der Waals surface area contributed by atoms with Crippen LogP contribution < -0.4 is 22.5 Å². The minimum Gasteiger partial charge on any atom is -1.00 e. The first-order valence-corrected chi connectivity index (χ1v) is 7.04. The van der Waals surface area contributed by atoms with Gasteiger partial charge in [0.15, 0.2) is 0 Å². The summed E-state index contributed by atoms with van der Waals surface area (Å²) in [5.41, 5.74) is 0.398. The van der Waals surface area contributed by atoms with Crippen LogP contribution in [0.5, 0.6) is 5.75 Å². The van der Waals surface area contributed by atoms with Crippen molar-refractivity contribution in [3.63, 3.8) is 0 Å². The second kappa shape index (κ2) is 6.82. The molecule has 0 fully saturated rings. The van der Waals surface area contributed by atoms with Gasteiger partial charge < -0.3 is 17.1 Å². The lowest BCUT2D eigenvalue weighted by Crippen LogP contribution is -3.00. The van der Waals surface area contributed by atoms with Gasteiger partial charge in [-0.15, -0.1) is 0 Å². The number of anilines is 1. The largest absolute Gasteiger partial charge is 1.00 e. The second-order valence-corrected chi connectivity index (χ2v) is 6.07. The molecule has 1 rings (SSSR count). The number of ether oxygens (including phenoxy) is 1. The first-order valence-electron chi connectivity index (χ1n) is 4.73. The Morgan fingerprint density at radius 3 is 2.44 bits per heavy atom. The zero-order valence-electron chi connectivity index (χ0n) is 10.1. The number of rotatable bonds is 4. The number of nitrogens with one attached hydrogen (secondary N) is 1. The molecule has 1 aromatic rings. The van der Waals surface area contributed by atoms with Crippen LogP contribution >= 0.6 is 10.7 Å². The summed E-state index contributed by atoms with van der Waals surface area (Å²) in [5.74, 6) is 0.430. The highest BCUT2D eigenvalue weighted by Crippen LogP contribution is 2.28. The summed E-state index contributed by atoms with van der Waals surface area (Å²) in [5, 5.41) is 2.85. The van der Waals surface area contributed by atoms with E-state index in [1.54, 1.807) is 23.0 Å². The average molecular weight is 313 g/mol. The summed E-state index contributed by atoms with van der Waals surface area (Å²) in [6, 6.07) is 4.61. The van der Waals surface area contributed by atoms with E-state index in [2.05, 4.69) is 5.32 Å². The second-order valence-electron chi connectivity index (χ2n) is 3.54. The smallest absolute Gasteiger partial charge is 0.265 e. The molecule has 0 bridgehead atoms. The Hall–Kier alpha value is -0.980. The van der Waals surface area contributed by atoms with Crippen molar-refractivity contribution >= 4 is 31.8 Å². The fourth-order valence-corrected chi connectivity index (χ4v) is 2.18. The van der Waals surface area contributed by atoms with Gasteiger partial charge in [-0.3, -0.25) is 4.58 Å². The van der Waals surface area contributed by atoms with Crippen LogP contribution in [0.25, 0.3) is 0 Å². The van der Waals surface area contributed by atoms with Crippen molar-refractivity contribution < 1.29 is 30.1 Å². The Morgan fingerprint density at radius 1 is 1.39 bits per heavy atom. The SMILES string of the molecule is COc1ccc(NC=[N+](C)C)c(S(=O)(=O)Cl)c1.[Cl-]. The van der Waals surface area contributed by atoms with E-state index >= 15 is 0 Å². The van der Waals surface area contributed by atoms with Crippen LogP contribution in [0.1, 0.15) is 0 Å². The fraction of sp³-hybridized carbons (Fsp3) is 0.300. The molecule has 0 unspecified atom stereocenters. The van der Waals surface area contributed by atoms with E-state index in [9.17, 15) is 8.42 Å². The minimum atomic E-state index is -3.82. The molecule has 0 radical (unpaired) electrons. The monoisotopic (exact) mass is 312 g/mol. The van der Waals surface area contributed by atoms with Crippen LogP contribution in [0, 0.1) is 0 Å². The highest BCUT2D eigenvalue weighted by atomic mass is 35.7. The zero-order chi connectivity index (χ0) is 13.1. The van der Waals surface area contributed by atoms with Gasteiger partial charge in [0.05, 0.1) is 21.2 Å². The minimum absolute atomic E-state index is 0. The highest BCUT2D eigenvalue weighted by Gasteiger charge is 2.19. The number of halogens is 2. The van der Waals surface area contributed by atoms with Crippen molar-refractivity contribution in [3.8, 4) is 5.75 Å². The van der Waals surface area contributed by atoms with Crippen LogP contribution in [0.3, 0.4) is 0 Å². The predicted octanol–water partition coefficient (Wildman–Crippen LogP) is -1.66. The Kier molecular flexibility index (Phi) is 6.45. The molecular formula is C10H14Cl2N2O3S. The third-order valence-electron chi connectivity index (χ3n) is 1.93. The van der Waals surface area contributed by atoms with Gasteiger partial charge in [0.25, 0.3) is 9.05 Å². The summed E-state index contributed by atoms with van der Waals surface area (Å²) in [6.45, 7) is 0. The molecule has 0 aliphatic carbocycles. The molecular weight excluding hydrogens is 299 g/mol. The molecule has 0 amide bonds. The lowest BCUT2D eigenvalue weighted by molar-refractivity contribution is -0.459. The summed E-state index contributed by atoms with van der Waals surface area (Å²) < 4.78 is 29.5. The summed E-state index contributed by atoms with van der Waals surface area (Å²) in [4.78, 5) is -0.0170. The standard InChI is InChI=1S/C10H13ClN2O3S.ClH/c1-13(2)7-12-9-5-4-8(16-3)6-10(9)17(11,14)15;/h4-7H,1-3H3;1H. The van der Waals surface area contributed by atoms with Gasteiger partial charge in [-0.05, 0) is 12.1 Å². The summed E-state index contributed by atoms with van der Waals surface area (Å²) in [6.07, 6.45) is 1.62. The van der Waals surface area contributed by atoms with E-state index in [-0.39, 0.29) is 17.3 Å². The number of methoxy groups -OCH3 is 1. The lowest BCUT2D eigenvalue weighted by atomic mass is 10.3. The Morgan fingerprint density at radius 2 is 2.00 bits per heavy atom. The van der Waals surface area contributed by atoms with Gasteiger partial charge in [0.1, 0.15) is 16.3 Å². The molecule has 0 atom stereocenters. The normalized spacial score (nSPS) is 10.2. The molecule has 102 valence electrons. The van der Waals surface area contributed by atoms with Gasteiger partial charge >= 0.3 is 0 Å². The van der Waals surface area contributed by atoms with Crippen molar-refractivity contribution in [1.82, 2.24) is 0 Å². The first kappa shape index (κ1) is 17.0. The van der Waals surface area contributed by atoms with Gasteiger partial charge in [0, 0.05) is 16.7 Å². The van der Waals surface area contributed by atoms with Crippen molar-refractivity contribution in [3.05, 3.63) is 18.2 Å². The average Bonchev–Trinajstić information content (AvgIpc) is 2.24. The molecule has 0 spiro atoms. The molecule has 5 nitrogen and oxygen atoms in total. The van der Waals surface area contributed by atoms with Crippen LogP contribution in [0.4, 0.5) is 5.69 Å². The molecule has 0 heterocycles. The number of hydrogen-bond acceptors (Lipinski definition) is 3. The van der Waals surface area contributed by atoms with Gasteiger partial charge in [0.2, 0.25) is 6.34 Å². The molecule has 1 aromatic carbocycles. The highest BCUT2D eigenvalue weighted by molar-refractivity contribution is 8.13. The van der Waals surface area contributed by atoms with E-state index in [0.717, 1.165) is 0 Å². The topological polar surface area (TPSA) is 58.4 Å². The van der Waals surface area contributed by atoms with E-state index in [1.165, 1.54) is 13.2 Å². The molecule has 8 heteroatoms. The Bertz CT molecular complexity index is 540. The molecule has 0 saturated carbocycles. The molecule has 0 aliphatic rings. The molecule has 0 aromatic heterocycles. The van der Waals surface area contributed by atoms with Crippen molar-refractivity contribution in [2.75, 3.05) is 26.5 Å². The van der Waals surface area contributed by atoms with Crippen molar-refractivity contribution in [1.29, 1.82) is 0 Å². The predicted molar refractivity (Wildman–Crippen MR) is 67.8 cm³/mol. The van der Waals surface area contributed by atoms with Gasteiger partial charge in [-0.1, -0.05) is 0 Å². The Balaban J connectivity index is 0.00000289. The zero-order valence-corrected chi connectivity index (χ0v) is 12.5. The van der Waals surface area contributed by atoms with Gasteiger partial charge in [-0.25, -0.2) is 13.7 Å². The lowest BCUT2D eigenvalue weighted by Gasteiger charge is -2.05.